The van der Waals surface area contributed by atoms with Crippen molar-refractivity contribution in [1.29, 1.82) is 0 Å². The van der Waals surface area contributed by atoms with E-state index in [2.05, 4.69) is 56.0 Å². The van der Waals surface area contributed by atoms with Gasteiger partial charge in [0.2, 0.25) is 0 Å². The zero-order chi connectivity index (χ0) is 29.2. The molecule has 3 aromatic carbocycles. The van der Waals surface area contributed by atoms with Crippen LogP contribution in [0.2, 0.25) is 6.04 Å². The molecule has 1 saturated heterocycles. The van der Waals surface area contributed by atoms with Gasteiger partial charge in [0.05, 0.1) is 12.2 Å². The van der Waals surface area contributed by atoms with Gasteiger partial charge in [-0.05, 0) is 56.3 Å². The van der Waals surface area contributed by atoms with Crippen LogP contribution >= 0.6 is 11.1 Å². The van der Waals surface area contributed by atoms with Gasteiger partial charge in [0, 0.05) is 18.5 Å². The monoisotopic (exact) mass is 593 g/mol. The van der Waals surface area contributed by atoms with Crippen LogP contribution < -0.4 is 0 Å². The summed E-state index contributed by atoms with van der Waals surface area (Å²) in [7, 11) is -0.259. The van der Waals surface area contributed by atoms with Gasteiger partial charge in [-0.25, -0.2) is 0 Å². The third kappa shape index (κ3) is 12.7. The molecule has 3 aromatic rings. The summed E-state index contributed by atoms with van der Waals surface area (Å²) >= 11 is 6.63. The van der Waals surface area contributed by atoms with Gasteiger partial charge >= 0.3 is 7.79 Å². The minimum atomic E-state index is -2.31. The van der Waals surface area contributed by atoms with Gasteiger partial charge in [-0.15, -0.1) is 24.2 Å². The minimum Gasteiger partial charge on any atom is -0.393 e. The zero-order valence-corrected chi connectivity index (χ0v) is 25.6. The molecule has 0 spiro atoms. The van der Waals surface area contributed by atoms with E-state index < -0.39 is 7.79 Å². The first-order chi connectivity index (χ1) is 19.3. The molecule has 0 aliphatic carbocycles. The number of nitrogens with zero attached hydrogens (tertiary/aromatic N) is 1. The van der Waals surface area contributed by atoms with Crippen molar-refractivity contribution in [3.8, 4) is 0 Å². The summed E-state index contributed by atoms with van der Waals surface area (Å²) in [5.41, 5.74) is 3.71. The molecule has 4 rings (SSSR count). The molecule has 0 aromatic heterocycles. The Hall–Kier alpha value is -2.80. The number of allylic oxidation sites excluding steroid dienone is 1. The molecule has 4 nitrogen and oxygen atoms in total. The summed E-state index contributed by atoms with van der Waals surface area (Å²) in [6.07, 6.45) is 8.34. The minimum absolute atomic E-state index is 0. The third-order valence-electron chi connectivity index (χ3n) is 6.85. The van der Waals surface area contributed by atoms with Crippen LogP contribution in [-0.2, 0) is 22.1 Å². The fourth-order valence-electron chi connectivity index (χ4n) is 4.40. The van der Waals surface area contributed by atoms with E-state index in [1.165, 1.54) is 16.7 Å². The molecule has 4 atom stereocenters. The number of aliphatic hydroxyl groups is 1. The summed E-state index contributed by atoms with van der Waals surface area (Å²) in [6.45, 7) is 9.53. The van der Waals surface area contributed by atoms with E-state index in [-0.39, 0.29) is 19.6 Å². The molecule has 222 valence electrons. The van der Waals surface area contributed by atoms with E-state index >= 15 is 0 Å². The van der Waals surface area contributed by atoms with Crippen LogP contribution in [0, 0.1) is 0 Å². The molecule has 1 aliphatic rings. The number of carbonyl (C=O) groups is 1. The lowest BCUT2D eigenvalue weighted by atomic mass is 10.0. The van der Waals surface area contributed by atoms with Gasteiger partial charge < -0.3 is 14.3 Å². The lowest BCUT2D eigenvalue weighted by Crippen LogP contribution is -2.44. The molecule has 0 radical (unpaired) electrons. The van der Waals surface area contributed by atoms with Crippen LogP contribution in [0.25, 0.3) is 0 Å². The Bertz CT molecular complexity index is 1120. The standard InChI is InChI=1S/C13H18ClNOSi.C12H16O.C9H10O.CH4/c1-4-10-17(14)15(3)11(2)13(16-17)12-8-6-5-7-9-12;1-2-6-12(13)10-9-11-7-4-3-5-8-11;10-8-4-7-9-5-2-1-3-6-9;/h4-9,11,13H,1,10H2,2-3H3;2-5,7-8,12-13H,1,6,9-10H2;1-3,5-6,8H,4,7H2;1H4/t11-,13+,17?;12-;;/m00../s1. The molecule has 0 amide bonds. The Kier molecular flexibility index (Phi) is 17.8. The van der Waals surface area contributed by atoms with Crippen LogP contribution in [0.1, 0.15) is 56.4 Å². The number of rotatable bonds is 11. The number of aliphatic hydroxyl groups excluding tert-OH is 1. The second kappa shape index (κ2) is 20.1. The van der Waals surface area contributed by atoms with Crippen molar-refractivity contribution in [2.24, 2.45) is 0 Å². The van der Waals surface area contributed by atoms with E-state index in [1.807, 2.05) is 72.8 Å². The van der Waals surface area contributed by atoms with Gasteiger partial charge in [-0.1, -0.05) is 111 Å². The van der Waals surface area contributed by atoms with Crippen molar-refractivity contribution < 1.29 is 14.3 Å². The molecule has 0 bridgehead atoms. The number of aryl methyl sites for hydroxylation is 2. The second-order valence-corrected chi connectivity index (χ2v) is 14.4. The molecular weight excluding hydrogens is 546 g/mol. The molecular formula is C35H48ClNO3Si. The summed E-state index contributed by atoms with van der Waals surface area (Å²) in [5.74, 6) is 0. The van der Waals surface area contributed by atoms with Gasteiger partial charge in [0.1, 0.15) is 6.29 Å². The Morgan fingerprint density at radius 2 is 1.44 bits per heavy atom. The number of benzene rings is 3. The van der Waals surface area contributed by atoms with Gasteiger partial charge in [-0.3, -0.25) is 4.57 Å². The van der Waals surface area contributed by atoms with Crippen molar-refractivity contribution in [1.82, 2.24) is 4.57 Å². The highest BCUT2D eigenvalue weighted by Crippen LogP contribution is 2.41. The van der Waals surface area contributed by atoms with E-state index in [0.29, 0.717) is 18.9 Å². The van der Waals surface area contributed by atoms with E-state index in [0.717, 1.165) is 31.6 Å². The molecule has 41 heavy (non-hydrogen) atoms. The Balaban J connectivity index is 0.000000315. The molecule has 1 aliphatic heterocycles. The second-order valence-electron chi connectivity index (χ2n) is 9.88. The van der Waals surface area contributed by atoms with E-state index in [1.54, 1.807) is 6.08 Å². The maximum atomic E-state index is 9.98. The average molecular weight is 594 g/mol. The van der Waals surface area contributed by atoms with E-state index in [9.17, 15) is 9.90 Å². The number of aldehydes is 1. The van der Waals surface area contributed by atoms with Crippen LogP contribution in [0.15, 0.2) is 116 Å². The predicted molar refractivity (Wildman–Crippen MR) is 177 cm³/mol. The van der Waals surface area contributed by atoms with Gasteiger partial charge in [0.15, 0.2) is 0 Å². The number of hydrogen-bond acceptors (Lipinski definition) is 4. The van der Waals surface area contributed by atoms with Crippen LogP contribution in [0.5, 0.6) is 0 Å². The van der Waals surface area contributed by atoms with E-state index in [4.69, 9.17) is 15.5 Å². The summed E-state index contributed by atoms with van der Waals surface area (Å²) in [6, 6.07) is 31.6. The number of hydrogen-bond donors (Lipinski definition) is 1. The van der Waals surface area contributed by atoms with Crippen molar-refractivity contribution in [3.05, 3.63) is 133 Å². The summed E-state index contributed by atoms with van der Waals surface area (Å²) in [4.78, 5) is 9.98. The Labute approximate surface area is 254 Å². The topological polar surface area (TPSA) is 49.8 Å². The highest BCUT2D eigenvalue weighted by atomic mass is 35.6. The SMILES string of the molecule is C.C=CC[C@H](O)CCc1ccccc1.C=CC[Si]1(Cl)O[C@@H](c2ccccc2)[C@H](C)N1C.O=CCCc1ccccc1. The molecule has 6 heteroatoms. The highest BCUT2D eigenvalue weighted by Gasteiger charge is 2.51. The fourth-order valence-corrected chi connectivity index (χ4v) is 7.85. The van der Waals surface area contributed by atoms with Crippen LogP contribution in [0.4, 0.5) is 0 Å². The maximum absolute atomic E-state index is 9.98. The first-order valence-corrected chi connectivity index (χ1v) is 17.0. The van der Waals surface area contributed by atoms with Crippen LogP contribution in [0.3, 0.4) is 0 Å². The van der Waals surface area contributed by atoms with Crippen molar-refractivity contribution in [2.75, 3.05) is 7.05 Å². The molecule has 1 fully saturated rings. The van der Waals surface area contributed by atoms with Gasteiger partial charge in [-0.2, -0.15) is 0 Å². The number of carbonyl (C=O) groups excluding carboxylic acids is 1. The smallest absolute Gasteiger partial charge is 0.377 e. The van der Waals surface area contributed by atoms with Gasteiger partial charge in [0.25, 0.3) is 0 Å². The fraction of sp³-hybridized carbons (Fsp3) is 0.343. The first kappa shape index (κ1) is 36.2. The lowest BCUT2D eigenvalue weighted by Gasteiger charge is -2.24. The molecule has 1 N–H and O–H groups in total. The molecule has 1 heterocycles. The normalized spacial score (nSPS) is 20.2. The quantitative estimate of drug-likeness (QED) is 0.105. The largest absolute Gasteiger partial charge is 0.393 e. The Morgan fingerprint density at radius 1 is 0.927 bits per heavy atom. The summed E-state index contributed by atoms with van der Waals surface area (Å²) in [5, 5.41) is 9.44. The highest BCUT2D eigenvalue weighted by molar-refractivity contribution is 7.15. The van der Waals surface area contributed by atoms with Crippen molar-refractivity contribution in [3.63, 3.8) is 0 Å². The summed E-state index contributed by atoms with van der Waals surface area (Å²) < 4.78 is 8.36. The number of halogens is 1. The van der Waals surface area contributed by atoms with Crippen molar-refractivity contribution >= 4 is 25.2 Å². The molecule has 0 saturated carbocycles. The average Bonchev–Trinajstić information content (AvgIpc) is 3.21. The first-order valence-electron chi connectivity index (χ1n) is 13.9. The molecule has 1 unspecified atom stereocenters. The number of likely N-dealkylation sites (N-methyl/N-ethyl adjacent to an activating group) is 1. The maximum Gasteiger partial charge on any atom is 0.377 e. The lowest BCUT2D eigenvalue weighted by molar-refractivity contribution is -0.107. The van der Waals surface area contributed by atoms with Crippen LogP contribution in [-0.4, -0.2) is 42.9 Å². The van der Waals surface area contributed by atoms with Crippen molar-refractivity contribution in [2.45, 2.75) is 70.7 Å². The predicted octanol–water partition coefficient (Wildman–Crippen LogP) is 8.45. The third-order valence-corrected chi connectivity index (χ3v) is 11.2. The Morgan fingerprint density at radius 3 is 1.93 bits per heavy atom. The zero-order valence-electron chi connectivity index (χ0n) is 23.9.